The fraction of sp³-hybridized carbons (Fsp3) is 0.440. The van der Waals surface area contributed by atoms with Crippen LogP contribution in [0.3, 0.4) is 0 Å². The maximum absolute atomic E-state index is 9.77. The number of halogens is 1. The van der Waals surface area contributed by atoms with Crippen LogP contribution in [0, 0.1) is 0 Å². The zero-order valence-electron chi connectivity index (χ0n) is 19.3. The molecule has 1 saturated heterocycles. The molecular weight excluding hydrogens is 462 g/mol. The Hall–Kier alpha value is -2.49. The summed E-state index contributed by atoms with van der Waals surface area (Å²) in [7, 11) is 2.22. The summed E-state index contributed by atoms with van der Waals surface area (Å²) in [6.45, 7) is 4.12. The zero-order chi connectivity index (χ0) is 25.3. The molecule has 1 heterocycles. The first-order chi connectivity index (χ1) is 16.1. The van der Waals surface area contributed by atoms with Crippen molar-refractivity contribution in [2.24, 2.45) is 0 Å². The number of carboxylic acid groups (broad SMARTS) is 2. The van der Waals surface area contributed by atoms with Crippen LogP contribution in [0.15, 0.2) is 54.6 Å². The molecule has 1 fully saturated rings. The van der Waals surface area contributed by atoms with E-state index in [1.165, 1.54) is 24.9 Å². The van der Waals surface area contributed by atoms with Crippen LogP contribution in [0.2, 0.25) is 5.02 Å². The molecule has 4 atom stereocenters. The first-order valence-corrected chi connectivity index (χ1v) is 11.4. The number of ether oxygens (including phenoxy) is 1. The van der Waals surface area contributed by atoms with Crippen molar-refractivity contribution >= 4 is 23.5 Å². The Balaban J connectivity index is 0.000000347. The van der Waals surface area contributed by atoms with E-state index in [2.05, 4.69) is 55.3 Å². The van der Waals surface area contributed by atoms with Crippen LogP contribution in [-0.4, -0.2) is 75.7 Å². The van der Waals surface area contributed by atoms with Crippen molar-refractivity contribution in [3.05, 3.63) is 70.7 Å². The largest absolute Gasteiger partial charge is 0.479 e. The van der Waals surface area contributed by atoms with Crippen molar-refractivity contribution in [1.29, 1.82) is 0 Å². The summed E-state index contributed by atoms with van der Waals surface area (Å²) in [5.74, 6) is -3.54. The third-order valence-corrected chi connectivity index (χ3v) is 6.29. The molecule has 4 N–H and O–H groups in total. The SMILES string of the molecule is CN1CCC[C@@H]1CCO[C@](C)(c1ccccc1)c1ccc(Cl)cc1.O=C(O)C(O)C(O)C(=O)O. The fourth-order valence-corrected chi connectivity index (χ4v) is 4.00. The van der Waals surface area contributed by atoms with Gasteiger partial charge in [-0.2, -0.15) is 0 Å². The highest BCUT2D eigenvalue weighted by Gasteiger charge is 2.31. The highest BCUT2D eigenvalue weighted by Crippen LogP contribution is 2.34. The minimum atomic E-state index is -2.27. The molecule has 9 heteroatoms. The topological polar surface area (TPSA) is 128 Å². The Bertz CT molecular complexity index is 907. The van der Waals surface area contributed by atoms with E-state index in [9.17, 15) is 9.59 Å². The molecule has 0 saturated carbocycles. The molecule has 0 amide bonds. The third kappa shape index (κ3) is 7.51. The molecule has 186 valence electrons. The summed E-state index contributed by atoms with van der Waals surface area (Å²) < 4.78 is 6.48. The minimum absolute atomic E-state index is 0.455. The second-order valence-corrected chi connectivity index (χ2v) is 8.82. The minimum Gasteiger partial charge on any atom is -0.479 e. The maximum Gasteiger partial charge on any atom is 0.335 e. The van der Waals surface area contributed by atoms with Gasteiger partial charge in [-0.25, -0.2) is 9.59 Å². The average Bonchev–Trinajstić information content (AvgIpc) is 3.23. The molecule has 34 heavy (non-hydrogen) atoms. The second-order valence-electron chi connectivity index (χ2n) is 8.39. The van der Waals surface area contributed by atoms with E-state index in [-0.39, 0.29) is 0 Å². The van der Waals surface area contributed by atoms with Crippen LogP contribution in [0.4, 0.5) is 0 Å². The van der Waals surface area contributed by atoms with Gasteiger partial charge in [-0.3, -0.25) is 0 Å². The van der Waals surface area contributed by atoms with Gasteiger partial charge in [-0.15, -0.1) is 0 Å². The molecule has 0 aromatic heterocycles. The number of likely N-dealkylation sites (tertiary alicyclic amines) is 1. The van der Waals surface area contributed by atoms with Gasteiger partial charge in [0.1, 0.15) is 5.60 Å². The van der Waals surface area contributed by atoms with Gasteiger partial charge in [0.2, 0.25) is 0 Å². The molecular formula is C25H32ClNO7. The summed E-state index contributed by atoms with van der Waals surface area (Å²) in [6.07, 6.45) is -0.876. The number of hydrogen-bond acceptors (Lipinski definition) is 6. The van der Waals surface area contributed by atoms with Gasteiger partial charge >= 0.3 is 11.9 Å². The molecule has 8 nitrogen and oxygen atoms in total. The molecule has 1 aliphatic heterocycles. The Morgan fingerprint density at radius 3 is 2.03 bits per heavy atom. The average molecular weight is 494 g/mol. The Labute approximate surface area is 204 Å². The van der Waals surface area contributed by atoms with E-state index in [0.29, 0.717) is 6.04 Å². The van der Waals surface area contributed by atoms with Crippen LogP contribution in [-0.2, 0) is 19.9 Å². The van der Waals surface area contributed by atoms with E-state index < -0.39 is 29.7 Å². The summed E-state index contributed by atoms with van der Waals surface area (Å²) in [5.41, 5.74) is 1.85. The summed E-state index contributed by atoms with van der Waals surface area (Å²) in [5, 5.41) is 33.3. The van der Waals surface area contributed by atoms with Gasteiger partial charge in [-0.1, -0.05) is 54.1 Å². The van der Waals surface area contributed by atoms with E-state index in [4.69, 9.17) is 36.8 Å². The van der Waals surface area contributed by atoms with Crippen LogP contribution in [0.5, 0.6) is 0 Å². The number of aliphatic hydroxyl groups excluding tert-OH is 2. The first-order valence-electron chi connectivity index (χ1n) is 11.0. The normalized spacial score (nSPS) is 19.4. The Morgan fingerprint density at radius 2 is 1.56 bits per heavy atom. The van der Waals surface area contributed by atoms with E-state index in [1.807, 2.05) is 18.2 Å². The molecule has 3 rings (SSSR count). The highest BCUT2D eigenvalue weighted by molar-refractivity contribution is 6.30. The van der Waals surface area contributed by atoms with Crippen molar-refractivity contribution in [3.63, 3.8) is 0 Å². The lowest BCUT2D eigenvalue weighted by molar-refractivity contribution is -0.165. The number of benzene rings is 2. The van der Waals surface area contributed by atoms with Crippen molar-refractivity contribution in [2.45, 2.75) is 50.0 Å². The van der Waals surface area contributed by atoms with Crippen LogP contribution < -0.4 is 0 Å². The number of aliphatic carboxylic acids is 2. The number of rotatable bonds is 9. The predicted octanol–water partition coefficient (Wildman–Crippen LogP) is 2.98. The fourth-order valence-electron chi connectivity index (χ4n) is 3.87. The molecule has 2 aromatic rings. The molecule has 1 aliphatic rings. The van der Waals surface area contributed by atoms with Gasteiger partial charge < -0.3 is 30.1 Å². The van der Waals surface area contributed by atoms with Crippen molar-refractivity contribution < 1.29 is 34.8 Å². The molecule has 0 bridgehead atoms. The van der Waals surface area contributed by atoms with Gasteiger partial charge in [0.05, 0.1) is 0 Å². The monoisotopic (exact) mass is 493 g/mol. The van der Waals surface area contributed by atoms with E-state index >= 15 is 0 Å². The van der Waals surface area contributed by atoms with Crippen molar-refractivity contribution in [3.8, 4) is 0 Å². The molecule has 2 aromatic carbocycles. The quantitative estimate of drug-likeness (QED) is 0.420. The predicted molar refractivity (Wildman–Crippen MR) is 128 cm³/mol. The van der Waals surface area contributed by atoms with Crippen LogP contribution in [0.1, 0.15) is 37.3 Å². The highest BCUT2D eigenvalue weighted by atomic mass is 35.5. The van der Waals surface area contributed by atoms with Crippen molar-refractivity contribution in [2.75, 3.05) is 20.2 Å². The maximum atomic E-state index is 9.77. The molecule has 0 spiro atoms. The lowest BCUT2D eigenvalue weighted by atomic mass is 9.88. The van der Waals surface area contributed by atoms with Gasteiger partial charge in [0, 0.05) is 17.7 Å². The van der Waals surface area contributed by atoms with Gasteiger partial charge in [0.25, 0.3) is 0 Å². The van der Waals surface area contributed by atoms with Gasteiger partial charge in [-0.05, 0) is 63.0 Å². The van der Waals surface area contributed by atoms with Crippen molar-refractivity contribution in [1.82, 2.24) is 4.90 Å². The van der Waals surface area contributed by atoms with Crippen LogP contribution >= 0.6 is 11.6 Å². The Kier molecular flexibility index (Phi) is 10.5. The molecule has 0 radical (unpaired) electrons. The summed E-state index contributed by atoms with van der Waals surface area (Å²) >= 11 is 6.07. The van der Waals surface area contributed by atoms with E-state index in [1.54, 1.807) is 0 Å². The lowest BCUT2D eigenvalue weighted by Crippen LogP contribution is -2.39. The third-order valence-electron chi connectivity index (χ3n) is 6.04. The zero-order valence-corrected chi connectivity index (χ0v) is 20.1. The number of hydrogen-bond donors (Lipinski definition) is 4. The number of carbonyl (C=O) groups is 2. The van der Waals surface area contributed by atoms with E-state index in [0.717, 1.165) is 23.6 Å². The smallest absolute Gasteiger partial charge is 0.335 e. The Morgan fingerprint density at radius 1 is 1.03 bits per heavy atom. The standard InChI is InChI=1S/C21H26ClNO.C4H6O6/c1-21(17-7-4-3-5-8-17,18-10-12-19(22)13-11-18)24-16-14-20-9-6-15-23(20)2;5-1(3(7)8)2(6)4(9)10/h3-5,7-8,10-13,20H,6,9,14-16H2,1-2H3;1-2,5-6H,(H,7,8)(H,9,10)/t20-,21-;/m1./s1. The first kappa shape index (κ1) is 27.8. The summed E-state index contributed by atoms with van der Waals surface area (Å²) in [4.78, 5) is 22.0. The molecule has 0 aliphatic carbocycles. The number of carboxylic acids is 2. The van der Waals surface area contributed by atoms with Gasteiger partial charge in [0.15, 0.2) is 12.2 Å². The number of aliphatic hydroxyl groups is 2. The lowest BCUT2D eigenvalue weighted by Gasteiger charge is -2.32. The van der Waals surface area contributed by atoms with Crippen LogP contribution in [0.25, 0.3) is 0 Å². The summed E-state index contributed by atoms with van der Waals surface area (Å²) in [6, 6.07) is 19.1. The molecule has 2 unspecified atom stereocenters. The number of nitrogens with zero attached hydrogens (tertiary/aromatic N) is 1. The second kappa shape index (κ2) is 12.8.